The van der Waals surface area contributed by atoms with Crippen molar-refractivity contribution >= 4 is 27.7 Å². The number of nitrogens with one attached hydrogen (secondary N) is 4. The minimum Gasteiger partial charge on any atom is -0.356 e. The lowest BCUT2D eigenvalue weighted by Crippen LogP contribution is -2.42. The first-order chi connectivity index (χ1) is 9.06. The number of aromatic amines is 2. The van der Waals surface area contributed by atoms with Gasteiger partial charge in [-0.05, 0) is 28.1 Å². The Balaban J connectivity index is 1.95. The molecular weight excluding hydrogens is 318 g/mol. The molecule has 0 unspecified atom stereocenters. The summed E-state index contributed by atoms with van der Waals surface area (Å²) in [4.78, 5) is 36.6. The van der Waals surface area contributed by atoms with Crippen molar-refractivity contribution in [3.63, 3.8) is 0 Å². The Morgan fingerprint density at radius 3 is 2.53 bits per heavy atom. The molecular formula is C10H8BrN5O3. The molecule has 0 aliphatic rings. The van der Waals surface area contributed by atoms with E-state index in [0.29, 0.717) is 4.47 Å². The zero-order valence-corrected chi connectivity index (χ0v) is 10.9. The van der Waals surface area contributed by atoms with Crippen LogP contribution in [0, 0.1) is 0 Å². The Hall–Kier alpha value is -2.42. The Labute approximate surface area is 114 Å². The van der Waals surface area contributed by atoms with Crippen LogP contribution in [0.3, 0.4) is 0 Å². The molecule has 4 N–H and O–H groups in total. The molecule has 98 valence electrons. The second kappa shape index (κ2) is 5.48. The third-order valence-electron chi connectivity index (χ3n) is 2.09. The Morgan fingerprint density at radius 2 is 1.95 bits per heavy atom. The van der Waals surface area contributed by atoms with E-state index in [2.05, 4.69) is 42.0 Å². The molecule has 0 atom stereocenters. The van der Waals surface area contributed by atoms with Gasteiger partial charge in [0.05, 0.1) is 0 Å². The molecule has 19 heavy (non-hydrogen) atoms. The molecule has 2 rings (SSSR count). The smallest absolute Gasteiger partial charge is 0.290 e. The van der Waals surface area contributed by atoms with E-state index in [-0.39, 0.29) is 11.4 Å². The van der Waals surface area contributed by atoms with Crippen molar-refractivity contribution in [2.24, 2.45) is 0 Å². The fourth-order valence-electron chi connectivity index (χ4n) is 1.21. The van der Waals surface area contributed by atoms with E-state index >= 15 is 0 Å². The molecule has 0 aliphatic carbocycles. The topological polar surface area (TPSA) is 120 Å². The lowest BCUT2D eigenvalue weighted by atomic mass is 10.4. The van der Waals surface area contributed by atoms with E-state index in [1.165, 1.54) is 6.07 Å². The summed E-state index contributed by atoms with van der Waals surface area (Å²) < 4.78 is 0.714. The summed E-state index contributed by atoms with van der Waals surface area (Å²) in [5, 5.41) is 5.63. The first-order valence-corrected chi connectivity index (χ1v) is 5.86. The normalized spacial score (nSPS) is 9.95. The van der Waals surface area contributed by atoms with Crippen molar-refractivity contribution in [2.45, 2.75) is 0 Å². The summed E-state index contributed by atoms with van der Waals surface area (Å²) in [6, 6.07) is 3.96. The van der Waals surface area contributed by atoms with E-state index in [9.17, 15) is 14.4 Å². The molecule has 0 aromatic carbocycles. The monoisotopic (exact) mass is 325 g/mol. The highest BCUT2D eigenvalue weighted by Crippen LogP contribution is 2.09. The predicted molar refractivity (Wildman–Crippen MR) is 68.3 cm³/mol. The molecule has 0 spiro atoms. The van der Waals surface area contributed by atoms with Gasteiger partial charge in [0.25, 0.3) is 17.4 Å². The Kier molecular flexibility index (Phi) is 3.76. The number of hydrogen-bond donors (Lipinski definition) is 4. The van der Waals surface area contributed by atoms with Gasteiger partial charge >= 0.3 is 0 Å². The first kappa shape index (κ1) is 13.0. The molecule has 0 saturated heterocycles. The van der Waals surface area contributed by atoms with Crippen molar-refractivity contribution in [3.8, 4) is 0 Å². The predicted octanol–water partition coefficient (Wildman–Crippen LogP) is -0.0647. The fourth-order valence-corrected chi connectivity index (χ4v) is 1.56. The molecule has 2 aromatic rings. The van der Waals surface area contributed by atoms with E-state index in [1.54, 1.807) is 12.3 Å². The molecule has 0 fully saturated rings. The van der Waals surface area contributed by atoms with Crippen molar-refractivity contribution in [3.05, 3.63) is 50.6 Å². The van der Waals surface area contributed by atoms with Gasteiger partial charge in [-0.1, -0.05) is 0 Å². The van der Waals surface area contributed by atoms with Gasteiger partial charge in [-0.2, -0.15) is 5.10 Å². The number of rotatable bonds is 2. The average Bonchev–Trinajstić information content (AvgIpc) is 2.83. The number of aromatic nitrogens is 3. The number of halogens is 1. The highest BCUT2D eigenvalue weighted by molar-refractivity contribution is 9.10. The minimum atomic E-state index is -0.643. The number of carbonyl (C=O) groups is 2. The SMILES string of the molecule is O=C(NNC(=O)c1cc(Br)c[nH]1)c1ccc(=O)[nH]n1. The number of nitrogens with zero attached hydrogens (tertiary/aromatic N) is 1. The van der Waals surface area contributed by atoms with Crippen LogP contribution in [0.4, 0.5) is 0 Å². The second-order valence-electron chi connectivity index (χ2n) is 3.45. The van der Waals surface area contributed by atoms with Crippen molar-refractivity contribution < 1.29 is 9.59 Å². The number of hydrogen-bond acceptors (Lipinski definition) is 4. The van der Waals surface area contributed by atoms with Crippen LogP contribution in [-0.4, -0.2) is 27.0 Å². The van der Waals surface area contributed by atoms with Gasteiger partial charge in [-0.15, -0.1) is 0 Å². The van der Waals surface area contributed by atoms with Crippen LogP contribution in [0.2, 0.25) is 0 Å². The summed E-state index contributed by atoms with van der Waals surface area (Å²) in [5.41, 5.74) is 4.21. The van der Waals surface area contributed by atoms with E-state index in [4.69, 9.17) is 0 Å². The van der Waals surface area contributed by atoms with Gasteiger partial charge in [-0.3, -0.25) is 25.2 Å². The van der Waals surface area contributed by atoms with Crippen LogP contribution in [-0.2, 0) is 0 Å². The van der Waals surface area contributed by atoms with Crippen molar-refractivity contribution in [1.29, 1.82) is 0 Å². The van der Waals surface area contributed by atoms with Gasteiger partial charge in [0.2, 0.25) is 0 Å². The first-order valence-electron chi connectivity index (χ1n) is 5.06. The van der Waals surface area contributed by atoms with E-state index < -0.39 is 17.4 Å². The number of amides is 2. The Morgan fingerprint density at radius 1 is 1.21 bits per heavy atom. The maximum Gasteiger partial charge on any atom is 0.290 e. The van der Waals surface area contributed by atoms with E-state index in [1.807, 2.05) is 0 Å². The largest absolute Gasteiger partial charge is 0.356 e. The highest BCUT2D eigenvalue weighted by atomic mass is 79.9. The molecule has 0 saturated carbocycles. The van der Waals surface area contributed by atoms with Gasteiger partial charge in [0.1, 0.15) is 5.69 Å². The fraction of sp³-hybridized carbons (Fsp3) is 0. The number of carbonyl (C=O) groups excluding carboxylic acids is 2. The van der Waals surface area contributed by atoms with Gasteiger partial charge < -0.3 is 4.98 Å². The summed E-state index contributed by atoms with van der Waals surface area (Å²) in [6.45, 7) is 0. The molecule has 2 aromatic heterocycles. The second-order valence-corrected chi connectivity index (χ2v) is 4.36. The van der Waals surface area contributed by atoms with Crippen molar-refractivity contribution in [2.75, 3.05) is 0 Å². The maximum absolute atomic E-state index is 11.6. The van der Waals surface area contributed by atoms with Crippen LogP contribution in [0.15, 0.2) is 33.7 Å². The van der Waals surface area contributed by atoms with Crippen molar-refractivity contribution in [1.82, 2.24) is 26.0 Å². The lowest BCUT2D eigenvalue weighted by Gasteiger charge is -2.05. The molecule has 0 bridgehead atoms. The van der Waals surface area contributed by atoms with E-state index in [0.717, 1.165) is 6.07 Å². The third-order valence-corrected chi connectivity index (χ3v) is 2.55. The van der Waals surface area contributed by atoms with Crippen LogP contribution in [0.1, 0.15) is 21.0 Å². The van der Waals surface area contributed by atoms with Crippen LogP contribution < -0.4 is 16.4 Å². The molecule has 8 nitrogen and oxygen atoms in total. The molecule has 2 heterocycles. The van der Waals surface area contributed by atoms with Crippen LogP contribution in [0.5, 0.6) is 0 Å². The average molecular weight is 326 g/mol. The summed E-state index contributed by atoms with van der Waals surface area (Å²) in [7, 11) is 0. The van der Waals surface area contributed by atoms with Crippen LogP contribution >= 0.6 is 15.9 Å². The molecule has 0 radical (unpaired) electrons. The number of H-pyrrole nitrogens is 2. The zero-order chi connectivity index (χ0) is 13.8. The van der Waals surface area contributed by atoms with Gasteiger partial charge in [-0.25, -0.2) is 5.10 Å². The number of hydrazine groups is 1. The van der Waals surface area contributed by atoms with Crippen LogP contribution in [0.25, 0.3) is 0 Å². The lowest BCUT2D eigenvalue weighted by molar-refractivity contribution is 0.0841. The quantitative estimate of drug-likeness (QED) is 0.578. The molecule has 0 aliphatic heterocycles. The molecule has 9 heteroatoms. The molecule has 2 amide bonds. The van der Waals surface area contributed by atoms with Gasteiger partial charge in [0, 0.05) is 16.7 Å². The standard InChI is InChI=1S/C10H8BrN5O3/c11-5-3-7(12-4-5)10(19)16-15-9(18)6-1-2-8(17)14-13-6/h1-4,12H,(H,14,17)(H,15,18)(H,16,19). The zero-order valence-electron chi connectivity index (χ0n) is 9.36. The highest BCUT2D eigenvalue weighted by Gasteiger charge is 2.11. The Bertz CT molecular complexity index is 657. The van der Waals surface area contributed by atoms with Gasteiger partial charge in [0.15, 0.2) is 5.69 Å². The summed E-state index contributed by atoms with van der Waals surface area (Å²) >= 11 is 3.18. The summed E-state index contributed by atoms with van der Waals surface area (Å²) in [6.07, 6.45) is 1.58. The third kappa shape index (κ3) is 3.28. The summed E-state index contributed by atoms with van der Waals surface area (Å²) in [5.74, 6) is -1.15. The maximum atomic E-state index is 11.6. The minimum absolute atomic E-state index is 0.0208.